The van der Waals surface area contributed by atoms with Crippen molar-refractivity contribution in [2.75, 3.05) is 32.7 Å². The van der Waals surface area contributed by atoms with Gasteiger partial charge in [-0.1, -0.05) is 11.3 Å². The molecule has 92 valence electrons. The summed E-state index contributed by atoms with van der Waals surface area (Å²) in [5, 5.41) is 3.69. The van der Waals surface area contributed by atoms with Gasteiger partial charge in [0.1, 0.15) is 6.54 Å². The van der Waals surface area contributed by atoms with Crippen LogP contribution in [0, 0.1) is 0 Å². The van der Waals surface area contributed by atoms with E-state index < -0.39 is 0 Å². The van der Waals surface area contributed by atoms with Gasteiger partial charge in [-0.25, -0.2) is 9.78 Å². The number of carbonyl (C=O) groups is 2. The molecule has 0 saturated carbocycles. The van der Waals surface area contributed by atoms with Crippen LogP contribution in [0.5, 0.6) is 5.06 Å². The van der Waals surface area contributed by atoms with Crippen molar-refractivity contribution in [2.45, 2.75) is 0 Å². The summed E-state index contributed by atoms with van der Waals surface area (Å²) in [6, 6.07) is -0.334. The molecule has 8 heteroatoms. The van der Waals surface area contributed by atoms with Crippen molar-refractivity contribution in [1.29, 1.82) is 0 Å². The van der Waals surface area contributed by atoms with Crippen LogP contribution < -0.4 is 10.1 Å². The molecule has 1 fully saturated rings. The van der Waals surface area contributed by atoms with Crippen molar-refractivity contribution in [3.8, 4) is 5.06 Å². The maximum absolute atomic E-state index is 11.8. The predicted molar refractivity (Wildman–Crippen MR) is 62.0 cm³/mol. The van der Waals surface area contributed by atoms with E-state index in [1.54, 1.807) is 7.05 Å². The largest absolute Gasteiger partial charge is 0.486 e. The Morgan fingerprint density at radius 3 is 2.94 bits per heavy atom. The fraction of sp³-hybridized carbons (Fsp3) is 0.444. The van der Waals surface area contributed by atoms with Gasteiger partial charge in [-0.3, -0.25) is 15.0 Å². The van der Waals surface area contributed by atoms with E-state index in [1.165, 1.54) is 34.4 Å². The number of nitrogens with one attached hydrogen (secondary N) is 1. The Balaban J connectivity index is 1.95. The summed E-state index contributed by atoms with van der Waals surface area (Å²) in [7, 11) is 3.19. The van der Waals surface area contributed by atoms with E-state index in [-0.39, 0.29) is 18.5 Å². The number of methoxy groups -OCH3 is 1. The lowest BCUT2D eigenvalue weighted by Crippen LogP contribution is -2.34. The number of nitrogens with zero attached hydrogens (tertiary/aromatic N) is 3. The van der Waals surface area contributed by atoms with Crippen molar-refractivity contribution in [1.82, 2.24) is 14.8 Å². The molecule has 1 aromatic rings. The minimum absolute atomic E-state index is 0.0723. The molecule has 2 heterocycles. The third-order valence-electron chi connectivity index (χ3n) is 2.32. The van der Waals surface area contributed by atoms with Crippen LogP contribution in [-0.4, -0.2) is 54.1 Å². The van der Waals surface area contributed by atoms with E-state index >= 15 is 0 Å². The number of rotatable bonds is 2. The summed E-state index contributed by atoms with van der Waals surface area (Å²) in [6.07, 6.45) is 1.53. The molecule has 0 spiro atoms. The fourth-order valence-corrected chi connectivity index (χ4v) is 2.01. The van der Waals surface area contributed by atoms with Gasteiger partial charge in [0.2, 0.25) is 5.91 Å². The maximum Gasteiger partial charge on any atom is 0.325 e. The molecular formula is C9H12N4O3S. The molecule has 0 radical (unpaired) electrons. The summed E-state index contributed by atoms with van der Waals surface area (Å²) in [5.74, 6) is -0.0723. The Kier molecular flexibility index (Phi) is 3.14. The van der Waals surface area contributed by atoms with Gasteiger partial charge >= 0.3 is 6.03 Å². The van der Waals surface area contributed by atoms with E-state index in [1.807, 2.05) is 0 Å². The second-order valence-corrected chi connectivity index (χ2v) is 4.54. The van der Waals surface area contributed by atoms with Crippen molar-refractivity contribution in [3.63, 3.8) is 0 Å². The highest BCUT2D eigenvalue weighted by Gasteiger charge is 2.28. The number of anilines is 1. The van der Waals surface area contributed by atoms with E-state index in [2.05, 4.69) is 10.3 Å². The Bertz CT molecular complexity index is 447. The molecule has 0 aromatic carbocycles. The Morgan fingerprint density at radius 1 is 1.65 bits per heavy atom. The van der Waals surface area contributed by atoms with Gasteiger partial charge in [-0.2, -0.15) is 0 Å². The van der Waals surface area contributed by atoms with E-state index in [4.69, 9.17) is 4.74 Å². The van der Waals surface area contributed by atoms with Crippen LogP contribution in [0.1, 0.15) is 0 Å². The van der Waals surface area contributed by atoms with Crippen molar-refractivity contribution in [3.05, 3.63) is 6.20 Å². The monoisotopic (exact) mass is 256 g/mol. The molecule has 17 heavy (non-hydrogen) atoms. The molecule has 2 rings (SSSR count). The summed E-state index contributed by atoms with van der Waals surface area (Å²) < 4.78 is 4.96. The first-order valence-corrected chi connectivity index (χ1v) is 5.71. The Hall–Kier alpha value is -1.83. The number of likely N-dealkylation sites (N-methyl/N-ethyl adjacent to an activating group) is 1. The lowest BCUT2D eigenvalue weighted by Gasteiger charge is -2.14. The number of thiazole rings is 1. The average molecular weight is 256 g/mol. The molecule has 1 aliphatic rings. The predicted octanol–water partition coefficient (Wildman–Crippen LogP) is 0.415. The first kappa shape index (κ1) is 11.6. The van der Waals surface area contributed by atoms with Crippen LogP contribution >= 0.6 is 11.3 Å². The normalized spacial score (nSPS) is 15.3. The second-order valence-electron chi connectivity index (χ2n) is 3.55. The van der Waals surface area contributed by atoms with Gasteiger partial charge in [0.05, 0.1) is 20.0 Å². The summed E-state index contributed by atoms with van der Waals surface area (Å²) >= 11 is 1.23. The van der Waals surface area contributed by atoms with Gasteiger partial charge in [0.15, 0.2) is 10.2 Å². The molecule has 1 N–H and O–H groups in total. The van der Waals surface area contributed by atoms with E-state index in [9.17, 15) is 9.59 Å². The number of carbonyl (C=O) groups excluding carboxylic acids is 2. The lowest BCUT2D eigenvalue weighted by molar-refractivity contribution is -0.125. The zero-order chi connectivity index (χ0) is 12.4. The average Bonchev–Trinajstić information content (AvgIpc) is 2.87. The van der Waals surface area contributed by atoms with Gasteiger partial charge < -0.3 is 9.64 Å². The van der Waals surface area contributed by atoms with E-state index in [0.717, 1.165) is 0 Å². The molecule has 1 aliphatic heterocycles. The fourth-order valence-electron chi connectivity index (χ4n) is 1.39. The van der Waals surface area contributed by atoms with Crippen LogP contribution in [0.25, 0.3) is 0 Å². The SMILES string of the molecule is COc1cnc(NC(=O)N2CC(=O)N(C)C2)s1. The van der Waals surface area contributed by atoms with Crippen LogP contribution in [0.3, 0.4) is 0 Å². The molecule has 0 aliphatic carbocycles. The first-order valence-electron chi connectivity index (χ1n) is 4.90. The van der Waals surface area contributed by atoms with Crippen LogP contribution in [0.2, 0.25) is 0 Å². The summed E-state index contributed by atoms with van der Waals surface area (Å²) in [4.78, 5) is 29.9. The number of urea groups is 1. The molecule has 0 bridgehead atoms. The first-order chi connectivity index (χ1) is 8.10. The van der Waals surface area contributed by atoms with Crippen molar-refractivity contribution in [2.24, 2.45) is 0 Å². The second kappa shape index (κ2) is 4.58. The van der Waals surface area contributed by atoms with Crippen molar-refractivity contribution < 1.29 is 14.3 Å². The number of ether oxygens (including phenoxy) is 1. The summed E-state index contributed by atoms with van der Waals surface area (Å²) in [6.45, 7) is 0.401. The van der Waals surface area contributed by atoms with Gasteiger partial charge in [0.25, 0.3) is 0 Å². The highest BCUT2D eigenvalue weighted by Crippen LogP contribution is 2.25. The number of aromatic nitrogens is 1. The maximum atomic E-state index is 11.8. The highest BCUT2D eigenvalue weighted by molar-refractivity contribution is 7.17. The third kappa shape index (κ3) is 2.47. The molecule has 7 nitrogen and oxygen atoms in total. The summed E-state index contributed by atoms with van der Waals surface area (Å²) in [5.41, 5.74) is 0. The minimum atomic E-state index is -0.334. The zero-order valence-corrected chi connectivity index (χ0v) is 10.3. The van der Waals surface area contributed by atoms with Crippen molar-refractivity contribution >= 4 is 28.4 Å². The molecule has 0 unspecified atom stereocenters. The van der Waals surface area contributed by atoms with Crippen LogP contribution in [-0.2, 0) is 4.79 Å². The Morgan fingerprint density at radius 2 is 2.41 bits per heavy atom. The van der Waals surface area contributed by atoms with Crippen LogP contribution in [0.4, 0.5) is 9.93 Å². The molecule has 1 aromatic heterocycles. The number of amides is 3. The smallest absolute Gasteiger partial charge is 0.325 e. The number of hydrogen-bond acceptors (Lipinski definition) is 5. The topological polar surface area (TPSA) is 74.8 Å². The third-order valence-corrected chi connectivity index (χ3v) is 3.20. The minimum Gasteiger partial charge on any atom is -0.486 e. The lowest BCUT2D eigenvalue weighted by atomic mass is 10.6. The van der Waals surface area contributed by atoms with Crippen LogP contribution in [0.15, 0.2) is 6.20 Å². The number of hydrogen-bond donors (Lipinski definition) is 1. The molecular weight excluding hydrogens is 244 g/mol. The molecule has 0 atom stereocenters. The highest BCUT2D eigenvalue weighted by atomic mass is 32.1. The van der Waals surface area contributed by atoms with Gasteiger partial charge in [-0.15, -0.1) is 0 Å². The van der Waals surface area contributed by atoms with Gasteiger partial charge in [-0.05, 0) is 0 Å². The Labute approximate surface area is 102 Å². The zero-order valence-electron chi connectivity index (χ0n) is 9.47. The standard InChI is InChI=1S/C9H12N4O3S/c1-12-5-13(4-6(12)14)9(15)11-8-10-3-7(16-2)17-8/h3H,4-5H2,1-2H3,(H,10,11,15). The molecule has 3 amide bonds. The van der Waals surface area contributed by atoms with E-state index in [0.29, 0.717) is 16.9 Å². The quantitative estimate of drug-likeness (QED) is 0.832. The molecule has 1 saturated heterocycles. The van der Waals surface area contributed by atoms with Gasteiger partial charge in [0, 0.05) is 7.05 Å².